The van der Waals surface area contributed by atoms with Crippen molar-refractivity contribution >= 4 is 122 Å². The van der Waals surface area contributed by atoms with Gasteiger partial charge in [-0.3, -0.25) is 4.79 Å². The van der Waals surface area contributed by atoms with Crippen molar-refractivity contribution in [3.05, 3.63) is 53.8 Å². The van der Waals surface area contributed by atoms with E-state index in [4.69, 9.17) is 109 Å². The number of halogens is 9. The predicted molar refractivity (Wildman–Crippen MR) is 151 cm³/mol. The van der Waals surface area contributed by atoms with E-state index in [1.807, 2.05) is 19.9 Å². The lowest BCUT2D eigenvalue weighted by atomic mass is 10.2. The summed E-state index contributed by atoms with van der Waals surface area (Å²) in [5, 5.41) is 9.95. The van der Waals surface area contributed by atoms with Crippen molar-refractivity contribution < 1.29 is 9.21 Å². The van der Waals surface area contributed by atoms with E-state index < -0.39 is 11.4 Å². The van der Waals surface area contributed by atoms with Gasteiger partial charge in [0.2, 0.25) is 19.4 Å². The molecule has 0 radical (unpaired) electrons. The molecule has 3 aromatic rings. The Morgan fingerprint density at radius 1 is 0.811 bits per heavy atom. The number of hydrogen-bond donors (Lipinski definition) is 1. The van der Waals surface area contributed by atoms with Gasteiger partial charge < -0.3 is 9.73 Å². The summed E-state index contributed by atoms with van der Waals surface area (Å²) >= 11 is 51.5. The van der Waals surface area contributed by atoms with Gasteiger partial charge in [-0.15, -0.1) is 10.2 Å². The summed E-state index contributed by atoms with van der Waals surface area (Å²) in [6, 6.07) is 6.63. The molecule has 0 saturated heterocycles. The van der Waals surface area contributed by atoms with Crippen LogP contribution in [-0.4, -0.2) is 31.1 Å². The average Bonchev–Trinajstić information content (AvgIpc) is 3.29. The summed E-state index contributed by atoms with van der Waals surface area (Å²) in [6.07, 6.45) is 1.83. The van der Waals surface area contributed by atoms with Crippen LogP contribution in [0.25, 0.3) is 17.0 Å². The van der Waals surface area contributed by atoms with Gasteiger partial charge in [0.1, 0.15) is 0 Å². The molecule has 8 nitrogen and oxygen atoms in total. The van der Waals surface area contributed by atoms with Crippen LogP contribution in [0.5, 0.6) is 0 Å². The first-order valence-electron chi connectivity index (χ1n) is 9.74. The Labute approximate surface area is 256 Å². The number of amides is 1. The fourth-order valence-corrected chi connectivity index (χ4v) is 3.02. The molecule has 0 aliphatic rings. The third kappa shape index (κ3) is 10.0. The summed E-state index contributed by atoms with van der Waals surface area (Å²) in [6.45, 7) is 5.09. The summed E-state index contributed by atoms with van der Waals surface area (Å²) in [5.41, 5.74) is 1.99. The topological polar surface area (TPSA) is 107 Å². The third-order valence-corrected chi connectivity index (χ3v) is 5.54. The van der Waals surface area contributed by atoms with Crippen LogP contribution in [0.4, 0.5) is 5.69 Å². The molecular formula is C20H15Cl9N6O2. The predicted octanol–water partition coefficient (Wildman–Crippen LogP) is 8.47. The van der Waals surface area contributed by atoms with Crippen molar-refractivity contribution in [2.75, 3.05) is 5.32 Å². The second-order valence-electron chi connectivity index (χ2n) is 6.94. The second-order valence-corrected chi connectivity index (χ2v) is 13.8. The molecule has 0 spiro atoms. The third-order valence-electron chi connectivity index (χ3n) is 4.04. The number of rotatable bonds is 3. The van der Waals surface area contributed by atoms with Crippen LogP contribution in [0.2, 0.25) is 0 Å². The van der Waals surface area contributed by atoms with Crippen LogP contribution in [0.15, 0.2) is 34.8 Å². The first-order chi connectivity index (χ1) is 16.9. The number of allylic oxidation sites excluding steroid dienone is 2. The molecule has 1 amide bonds. The van der Waals surface area contributed by atoms with Crippen LogP contribution in [0.1, 0.15) is 44.2 Å². The SMILES string of the molecule is C/C=C(\C)c1nnc(C(Cl)(Cl)Cl)o1.CC(=O)Nc1ccc(-c2nc(C(Cl)(Cl)Cl)nc(C(Cl)(Cl)Cl)n2)cc1. The van der Waals surface area contributed by atoms with E-state index in [-0.39, 0.29) is 29.3 Å². The van der Waals surface area contributed by atoms with Crippen molar-refractivity contribution in [1.82, 2.24) is 25.1 Å². The zero-order valence-electron chi connectivity index (χ0n) is 18.8. The summed E-state index contributed by atoms with van der Waals surface area (Å²) < 4.78 is -0.375. The Morgan fingerprint density at radius 2 is 1.32 bits per heavy atom. The molecule has 0 fully saturated rings. The maximum absolute atomic E-state index is 11.0. The van der Waals surface area contributed by atoms with Gasteiger partial charge in [-0.2, -0.15) is 0 Å². The van der Waals surface area contributed by atoms with Gasteiger partial charge in [-0.1, -0.05) is 110 Å². The van der Waals surface area contributed by atoms with E-state index >= 15 is 0 Å². The number of carbonyl (C=O) groups excluding carboxylic acids is 1. The molecular weight excluding hydrogens is 675 g/mol. The lowest BCUT2D eigenvalue weighted by Crippen LogP contribution is -2.16. The van der Waals surface area contributed by atoms with Gasteiger partial charge in [-0.25, -0.2) is 15.0 Å². The highest BCUT2D eigenvalue weighted by Gasteiger charge is 2.34. The summed E-state index contributed by atoms with van der Waals surface area (Å²) in [5.74, 6) is -0.0473. The van der Waals surface area contributed by atoms with E-state index in [2.05, 4.69) is 30.5 Å². The molecule has 3 rings (SSSR count). The molecule has 0 unspecified atom stereocenters. The maximum Gasteiger partial charge on any atom is 0.268 e. The highest BCUT2D eigenvalue weighted by molar-refractivity contribution is 6.67. The van der Waals surface area contributed by atoms with Crippen LogP contribution >= 0.6 is 104 Å². The first kappa shape index (κ1) is 32.4. The van der Waals surface area contributed by atoms with Gasteiger partial charge in [0.05, 0.1) is 0 Å². The maximum atomic E-state index is 11.0. The van der Waals surface area contributed by atoms with Gasteiger partial charge in [0, 0.05) is 23.7 Å². The minimum Gasteiger partial charge on any atom is -0.416 e. The van der Waals surface area contributed by atoms with E-state index in [1.165, 1.54) is 6.92 Å². The number of aromatic nitrogens is 5. The average molecular weight is 690 g/mol. The molecule has 0 aliphatic carbocycles. The molecule has 1 aromatic carbocycles. The number of carbonyl (C=O) groups is 1. The molecule has 0 atom stereocenters. The van der Waals surface area contributed by atoms with Crippen LogP contribution < -0.4 is 5.32 Å². The molecule has 2 heterocycles. The Bertz CT molecular complexity index is 1230. The fourth-order valence-electron chi connectivity index (χ4n) is 2.29. The number of alkyl halides is 9. The lowest BCUT2D eigenvalue weighted by Gasteiger charge is -2.15. The molecule has 0 saturated carbocycles. The van der Waals surface area contributed by atoms with Crippen LogP contribution in [0.3, 0.4) is 0 Å². The van der Waals surface area contributed by atoms with Crippen molar-refractivity contribution in [2.24, 2.45) is 0 Å². The van der Waals surface area contributed by atoms with Gasteiger partial charge in [0.25, 0.3) is 9.68 Å². The van der Waals surface area contributed by atoms with Crippen molar-refractivity contribution in [1.29, 1.82) is 0 Å². The van der Waals surface area contributed by atoms with Gasteiger partial charge in [-0.05, 0) is 38.1 Å². The molecule has 37 heavy (non-hydrogen) atoms. The molecule has 0 bridgehead atoms. The van der Waals surface area contributed by atoms with Crippen molar-refractivity contribution in [3.63, 3.8) is 0 Å². The monoisotopic (exact) mass is 686 g/mol. The molecule has 2 aromatic heterocycles. The van der Waals surface area contributed by atoms with Crippen LogP contribution in [-0.2, 0) is 16.2 Å². The number of hydrogen-bond acceptors (Lipinski definition) is 7. The van der Waals surface area contributed by atoms with Gasteiger partial charge >= 0.3 is 0 Å². The Kier molecular flexibility index (Phi) is 11.4. The Morgan fingerprint density at radius 3 is 1.70 bits per heavy atom. The molecule has 0 aliphatic heterocycles. The van der Waals surface area contributed by atoms with Crippen molar-refractivity contribution in [2.45, 2.75) is 32.1 Å². The summed E-state index contributed by atoms with van der Waals surface area (Å²) in [4.78, 5) is 23.1. The van der Waals surface area contributed by atoms with E-state index in [1.54, 1.807) is 24.3 Å². The highest BCUT2D eigenvalue weighted by Crippen LogP contribution is 2.41. The number of nitrogens with zero attached hydrogens (tertiary/aromatic N) is 5. The number of nitrogens with one attached hydrogen (secondary N) is 1. The van der Waals surface area contributed by atoms with Crippen LogP contribution in [0, 0.1) is 0 Å². The zero-order valence-corrected chi connectivity index (χ0v) is 25.6. The quantitative estimate of drug-likeness (QED) is 0.275. The second kappa shape index (κ2) is 13.0. The first-order valence-corrected chi connectivity index (χ1v) is 13.1. The normalized spacial score (nSPS) is 12.6. The number of anilines is 1. The Balaban J connectivity index is 0.000000312. The standard InChI is InChI=1S/C13H8Cl6N4O.C7H7Cl3N2O/c1-6(24)20-8-4-2-7(3-5-8)9-21-10(12(14,15)16)23-11(22-9)13(17,18)19;1-3-4(2)5-11-12-6(13-5)7(8,9)10/h2-5H,1H3,(H,20,24);3H,1-2H3/b;4-3+. The lowest BCUT2D eigenvalue weighted by molar-refractivity contribution is -0.114. The Hall–Kier alpha value is -0.810. The van der Waals surface area contributed by atoms with E-state index in [0.717, 1.165) is 5.57 Å². The molecule has 200 valence electrons. The zero-order chi connectivity index (χ0) is 28.2. The van der Waals surface area contributed by atoms with E-state index in [9.17, 15) is 4.79 Å². The highest BCUT2D eigenvalue weighted by atomic mass is 35.6. The number of benzene rings is 1. The molecule has 1 N–H and O–H groups in total. The minimum atomic E-state index is -1.92. The molecule has 17 heteroatoms. The minimum absolute atomic E-state index is 0.0197. The smallest absolute Gasteiger partial charge is 0.268 e. The largest absolute Gasteiger partial charge is 0.416 e. The van der Waals surface area contributed by atoms with Crippen molar-refractivity contribution in [3.8, 4) is 11.4 Å². The van der Waals surface area contributed by atoms with E-state index in [0.29, 0.717) is 17.1 Å². The van der Waals surface area contributed by atoms with Gasteiger partial charge in [0.15, 0.2) is 17.5 Å². The fraction of sp³-hybridized carbons (Fsp3) is 0.300. The summed E-state index contributed by atoms with van der Waals surface area (Å²) in [7, 11) is 0.